The molecule has 0 aliphatic carbocycles. The van der Waals surface area contributed by atoms with E-state index in [0.29, 0.717) is 23.9 Å². The molecule has 1 aromatic carbocycles. The van der Waals surface area contributed by atoms with E-state index in [0.717, 1.165) is 43.5 Å². The molecular formula is C21H35ClN4O2. The number of hydrogen-bond donors (Lipinski definition) is 2. The summed E-state index contributed by atoms with van der Waals surface area (Å²) in [6.07, 6.45) is 2.85. The number of likely N-dealkylation sites (tertiary alicyclic amines) is 1. The van der Waals surface area contributed by atoms with Crippen LogP contribution in [-0.4, -0.2) is 75.4 Å². The predicted molar refractivity (Wildman–Crippen MR) is 115 cm³/mol. The van der Waals surface area contributed by atoms with Crippen LogP contribution in [0.3, 0.4) is 0 Å². The molecule has 158 valence electrons. The molecule has 0 radical (unpaired) electrons. The zero-order valence-corrected chi connectivity index (χ0v) is 18.0. The zero-order chi connectivity index (χ0) is 19.9. The molecule has 6 nitrogen and oxygen atoms in total. The standard InChI is InChI=1S/C21H35ClN4O2/c1-3-27-21-11-20(23)19(22)10-17(21)12-24-13-18-15-26(8-9-28-18)14-16-4-6-25(2)7-5-16/h10-11,16,18,24H,3-9,12-15,23H2,1-2H3. The van der Waals surface area contributed by atoms with E-state index in [1.54, 1.807) is 0 Å². The van der Waals surface area contributed by atoms with E-state index in [1.165, 1.54) is 32.5 Å². The molecule has 0 amide bonds. The Morgan fingerprint density at radius 2 is 2.07 bits per heavy atom. The van der Waals surface area contributed by atoms with Gasteiger partial charge in [-0.1, -0.05) is 11.6 Å². The number of nitrogens with zero attached hydrogens (tertiary/aromatic N) is 2. The molecule has 1 unspecified atom stereocenters. The van der Waals surface area contributed by atoms with Gasteiger partial charge in [0.25, 0.3) is 0 Å². The van der Waals surface area contributed by atoms with Crippen molar-refractivity contribution in [3.05, 3.63) is 22.7 Å². The van der Waals surface area contributed by atoms with Crippen LogP contribution in [-0.2, 0) is 11.3 Å². The van der Waals surface area contributed by atoms with Crippen molar-refractivity contribution >= 4 is 17.3 Å². The van der Waals surface area contributed by atoms with Crippen molar-refractivity contribution in [3.8, 4) is 5.75 Å². The highest BCUT2D eigenvalue weighted by Crippen LogP contribution is 2.29. The van der Waals surface area contributed by atoms with Gasteiger partial charge in [-0.3, -0.25) is 4.90 Å². The Kier molecular flexibility index (Phi) is 8.23. The Hall–Kier alpha value is -1.05. The van der Waals surface area contributed by atoms with E-state index in [1.807, 2.05) is 19.1 Å². The van der Waals surface area contributed by atoms with E-state index >= 15 is 0 Å². The van der Waals surface area contributed by atoms with Gasteiger partial charge in [0.2, 0.25) is 0 Å². The molecule has 0 spiro atoms. The molecule has 0 bridgehead atoms. The first-order valence-corrected chi connectivity index (χ1v) is 10.9. The van der Waals surface area contributed by atoms with Crippen LogP contribution in [0.15, 0.2) is 12.1 Å². The normalized spacial score (nSPS) is 22.5. The lowest BCUT2D eigenvalue weighted by Gasteiger charge is -2.37. The van der Waals surface area contributed by atoms with Gasteiger partial charge >= 0.3 is 0 Å². The molecule has 3 N–H and O–H groups in total. The molecule has 2 heterocycles. The summed E-state index contributed by atoms with van der Waals surface area (Å²) in [4.78, 5) is 5.01. The first kappa shape index (κ1) is 21.7. The smallest absolute Gasteiger partial charge is 0.125 e. The summed E-state index contributed by atoms with van der Waals surface area (Å²) in [5.41, 5.74) is 7.48. The quantitative estimate of drug-likeness (QED) is 0.642. The van der Waals surface area contributed by atoms with Gasteiger partial charge in [-0.2, -0.15) is 0 Å². The number of nitrogens with one attached hydrogen (secondary N) is 1. The Morgan fingerprint density at radius 1 is 1.29 bits per heavy atom. The molecule has 2 aliphatic rings. The lowest BCUT2D eigenvalue weighted by Crippen LogP contribution is -2.48. The third-order valence-electron chi connectivity index (χ3n) is 5.74. The van der Waals surface area contributed by atoms with Gasteiger partial charge < -0.3 is 25.4 Å². The minimum atomic E-state index is 0.222. The number of hydrogen-bond acceptors (Lipinski definition) is 6. The van der Waals surface area contributed by atoms with Crippen molar-refractivity contribution in [1.82, 2.24) is 15.1 Å². The second-order valence-electron chi connectivity index (χ2n) is 8.04. The van der Waals surface area contributed by atoms with Crippen molar-refractivity contribution in [2.45, 2.75) is 32.4 Å². The Balaban J connectivity index is 1.45. The maximum Gasteiger partial charge on any atom is 0.125 e. The summed E-state index contributed by atoms with van der Waals surface area (Å²) in [7, 11) is 2.22. The lowest BCUT2D eigenvalue weighted by molar-refractivity contribution is -0.0340. The summed E-state index contributed by atoms with van der Waals surface area (Å²) in [5.74, 6) is 1.62. The summed E-state index contributed by atoms with van der Waals surface area (Å²) < 4.78 is 11.7. The van der Waals surface area contributed by atoms with Gasteiger partial charge in [-0.15, -0.1) is 0 Å². The molecule has 0 aromatic heterocycles. The number of benzene rings is 1. The van der Waals surface area contributed by atoms with Crippen LogP contribution < -0.4 is 15.8 Å². The monoisotopic (exact) mass is 410 g/mol. The minimum Gasteiger partial charge on any atom is -0.493 e. The van der Waals surface area contributed by atoms with Crippen molar-refractivity contribution in [1.29, 1.82) is 0 Å². The van der Waals surface area contributed by atoms with Crippen LogP contribution in [0.5, 0.6) is 5.75 Å². The average Bonchev–Trinajstić information content (AvgIpc) is 2.68. The number of anilines is 1. The van der Waals surface area contributed by atoms with Gasteiger partial charge in [-0.25, -0.2) is 0 Å². The van der Waals surface area contributed by atoms with Crippen LogP contribution in [0.2, 0.25) is 5.02 Å². The van der Waals surface area contributed by atoms with Crippen molar-refractivity contribution in [2.24, 2.45) is 5.92 Å². The fraction of sp³-hybridized carbons (Fsp3) is 0.714. The van der Waals surface area contributed by atoms with Crippen LogP contribution in [0.4, 0.5) is 5.69 Å². The van der Waals surface area contributed by atoms with Gasteiger partial charge in [0.1, 0.15) is 5.75 Å². The van der Waals surface area contributed by atoms with E-state index < -0.39 is 0 Å². The third-order valence-corrected chi connectivity index (χ3v) is 6.07. The van der Waals surface area contributed by atoms with Gasteiger partial charge in [-0.05, 0) is 51.9 Å². The molecule has 1 atom stereocenters. The molecular weight excluding hydrogens is 376 g/mol. The lowest BCUT2D eigenvalue weighted by atomic mass is 9.96. The van der Waals surface area contributed by atoms with Crippen LogP contribution in [0.25, 0.3) is 0 Å². The summed E-state index contributed by atoms with van der Waals surface area (Å²) >= 11 is 6.19. The maximum atomic E-state index is 6.19. The Morgan fingerprint density at radius 3 is 2.82 bits per heavy atom. The molecule has 2 aliphatic heterocycles. The molecule has 28 heavy (non-hydrogen) atoms. The summed E-state index contributed by atoms with van der Waals surface area (Å²) in [6, 6.07) is 3.70. The van der Waals surface area contributed by atoms with Crippen LogP contribution >= 0.6 is 11.6 Å². The highest BCUT2D eigenvalue weighted by Gasteiger charge is 2.24. The minimum absolute atomic E-state index is 0.222. The summed E-state index contributed by atoms with van der Waals surface area (Å²) in [5, 5.41) is 4.08. The number of halogens is 1. The Bertz CT molecular complexity index is 623. The zero-order valence-electron chi connectivity index (χ0n) is 17.3. The summed E-state index contributed by atoms with van der Waals surface area (Å²) in [6.45, 7) is 10.6. The number of nitrogen functional groups attached to an aromatic ring is 1. The average molecular weight is 411 g/mol. The number of rotatable bonds is 8. The molecule has 3 rings (SSSR count). The first-order valence-electron chi connectivity index (χ1n) is 10.5. The Labute approximate surface area is 174 Å². The van der Waals surface area contributed by atoms with E-state index in [9.17, 15) is 0 Å². The van der Waals surface area contributed by atoms with Crippen LogP contribution in [0, 0.1) is 5.92 Å². The van der Waals surface area contributed by atoms with Crippen molar-refractivity contribution in [2.75, 3.05) is 65.3 Å². The highest BCUT2D eigenvalue weighted by molar-refractivity contribution is 6.33. The third kappa shape index (κ3) is 6.22. The second kappa shape index (κ2) is 10.6. The van der Waals surface area contributed by atoms with E-state index in [2.05, 4.69) is 22.2 Å². The van der Waals surface area contributed by atoms with Crippen molar-refractivity contribution in [3.63, 3.8) is 0 Å². The number of nitrogens with two attached hydrogens (primary N) is 1. The first-order chi connectivity index (χ1) is 13.5. The SMILES string of the molecule is CCOc1cc(N)c(Cl)cc1CNCC1CN(CC2CCN(C)CC2)CCO1. The van der Waals surface area contributed by atoms with E-state index in [4.69, 9.17) is 26.8 Å². The molecule has 1 aromatic rings. The number of piperidine rings is 1. The van der Waals surface area contributed by atoms with E-state index in [-0.39, 0.29) is 6.10 Å². The van der Waals surface area contributed by atoms with Gasteiger partial charge in [0.15, 0.2) is 0 Å². The topological polar surface area (TPSA) is 63.0 Å². The maximum absolute atomic E-state index is 6.19. The molecule has 7 heteroatoms. The van der Waals surface area contributed by atoms with Crippen LogP contribution in [0.1, 0.15) is 25.3 Å². The van der Waals surface area contributed by atoms with Gasteiger partial charge in [0, 0.05) is 44.4 Å². The predicted octanol–water partition coefficient (Wildman–Crippen LogP) is 2.45. The largest absolute Gasteiger partial charge is 0.493 e. The highest BCUT2D eigenvalue weighted by atomic mass is 35.5. The second-order valence-corrected chi connectivity index (χ2v) is 8.45. The van der Waals surface area contributed by atoms with Crippen molar-refractivity contribution < 1.29 is 9.47 Å². The fourth-order valence-corrected chi connectivity index (χ4v) is 4.27. The number of morpholine rings is 1. The molecule has 0 saturated carbocycles. The molecule has 2 saturated heterocycles. The molecule has 2 fully saturated rings. The van der Waals surface area contributed by atoms with Gasteiger partial charge in [0.05, 0.1) is 30.0 Å². The fourth-order valence-electron chi connectivity index (χ4n) is 4.09. The number of ether oxygens (including phenoxy) is 2.